The number of rotatable bonds is 6. The minimum absolute atomic E-state index is 0.0761. The fraction of sp³-hybridized carbons (Fsp3) is 0.400. The fourth-order valence-electron chi connectivity index (χ4n) is 2.06. The Kier molecular flexibility index (Phi) is 4.63. The van der Waals surface area contributed by atoms with Crippen LogP contribution in [0.15, 0.2) is 33.3 Å². The Balaban J connectivity index is 2.17. The molecule has 0 bridgehead atoms. The number of carbonyl (C=O) groups is 1. The largest absolute Gasteiger partial charge is 0.467 e. The van der Waals surface area contributed by atoms with Crippen LogP contribution >= 0.6 is 0 Å². The van der Waals surface area contributed by atoms with Crippen LogP contribution in [0.3, 0.4) is 0 Å². The first-order valence-corrected chi connectivity index (χ1v) is 6.49. The molecule has 0 aliphatic heterocycles. The van der Waals surface area contributed by atoms with Crippen molar-refractivity contribution in [2.45, 2.75) is 20.4 Å². The summed E-state index contributed by atoms with van der Waals surface area (Å²) in [5.74, 6) is 2.03. The van der Waals surface area contributed by atoms with E-state index in [-0.39, 0.29) is 5.91 Å². The topological polar surface area (TPSA) is 55.8 Å². The summed E-state index contributed by atoms with van der Waals surface area (Å²) < 4.78 is 15.8. The van der Waals surface area contributed by atoms with Crippen LogP contribution in [0.5, 0.6) is 0 Å². The molecule has 108 valence electrons. The van der Waals surface area contributed by atoms with Crippen LogP contribution in [-0.2, 0) is 11.3 Å². The zero-order valence-electron chi connectivity index (χ0n) is 12.0. The van der Waals surface area contributed by atoms with Crippen LogP contribution in [0.2, 0.25) is 0 Å². The maximum Gasteiger partial charge on any atom is 0.257 e. The van der Waals surface area contributed by atoms with Crippen LogP contribution in [-0.4, -0.2) is 31.1 Å². The zero-order valence-corrected chi connectivity index (χ0v) is 12.0. The second-order valence-corrected chi connectivity index (χ2v) is 4.63. The van der Waals surface area contributed by atoms with Gasteiger partial charge in [0.25, 0.3) is 5.91 Å². The third-order valence-corrected chi connectivity index (χ3v) is 3.05. The first-order chi connectivity index (χ1) is 9.61. The number of furan rings is 2. The summed E-state index contributed by atoms with van der Waals surface area (Å²) in [5.41, 5.74) is 0.588. The summed E-state index contributed by atoms with van der Waals surface area (Å²) >= 11 is 0. The second kappa shape index (κ2) is 6.43. The van der Waals surface area contributed by atoms with Crippen molar-refractivity contribution in [2.24, 2.45) is 0 Å². The molecule has 0 spiro atoms. The van der Waals surface area contributed by atoms with Crippen molar-refractivity contribution in [2.75, 3.05) is 20.3 Å². The Hall–Kier alpha value is -2.01. The Labute approximate surface area is 118 Å². The van der Waals surface area contributed by atoms with Crippen molar-refractivity contribution in [3.8, 4) is 0 Å². The smallest absolute Gasteiger partial charge is 0.257 e. The maximum absolute atomic E-state index is 12.6. The Morgan fingerprint density at radius 2 is 2.20 bits per heavy atom. The number of nitrogens with zero attached hydrogens (tertiary/aromatic N) is 1. The molecule has 2 heterocycles. The molecule has 2 rings (SSSR count). The predicted molar refractivity (Wildman–Crippen MR) is 73.5 cm³/mol. The molecular formula is C15H19NO4. The van der Waals surface area contributed by atoms with Crippen molar-refractivity contribution in [1.82, 2.24) is 4.90 Å². The van der Waals surface area contributed by atoms with E-state index >= 15 is 0 Å². The number of methoxy groups -OCH3 is 1. The van der Waals surface area contributed by atoms with E-state index in [0.717, 1.165) is 11.5 Å². The van der Waals surface area contributed by atoms with Gasteiger partial charge in [-0.15, -0.1) is 0 Å². The first-order valence-electron chi connectivity index (χ1n) is 6.49. The zero-order chi connectivity index (χ0) is 14.5. The SMILES string of the molecule is COCCN(Cc1ccco1)C(=O)c1cc(C)oc1C. The molecule has 5 nitrogen and oxygen atoms in total. The summed E-state index contributed by atoms with van der Waals surface area (Å²) in [6.07, 6.45) is 1.60. The molecule has 0 radical (unpaired) electrons. The molecule has 2 aromatic heterocycles. The van der Waals surface area contributed by atoms with Gasteiger partial charge in [-0.2, -0.15) is 0 Å². The highest BCUT2D eigenvalue weighted by atomic mass is 16.5. The lowest BCUT2D eigenvalue weighted by atomic mass is 10.2. The van der Waals surface area contributed by atoms with Crippen LogP contribution < -0.4 is 0 Å². The van der Waals surface area contributed by atoms with Crippen LogP contribution in [0.25, 0.3) is 0 Å². The van der Waals surface area contributed by atoms with E-state index in [2.05, 4.69) is 0 Å². The van der Waals surface area contributed by atoms with Crippen LogP contribution in [0.4, 0.5) is 0 Å². The average Bonchev–Trinajstić information content (AvgIpc) is 3.03. The molecule has 1 amide bonds. The molecule has 2 aromatic rings. The summed E-state index contributed by atoms with van der Waals surface area (Å²) in [5, 5.41) is 0. The normalized spacial score (nSPS) is 10.8. The quantitative estimate of drug-likeness (QED) is 0.814. The highest BCUT2D eigenvalue weighted by Crippen LogP contribution is 2.17. The number of aryl methyl sites for hydroxylation is 2. The van der Waals surface area contributed by atoms with Gasteiger partial charge in [-0.05, 0) is 32.0 Å². The van der Waals surface area contributed by atoms with Crippen molar-refractivity contribution < 1.29 is 18.4 Å². The third-order valence-electron chi connectivity index (χ3n) is 3.05. The van der Waals surface area contributed by atoms with Crippen molar-refractivity contribution >= 4 is 5.91 Å². The maximum atomic E-state index is 12.6. The van der Waals surface area contributed by atoms with E-state index in [4.69, 9.17) is 13.6 Å². The number of carbonyl (C=O) groups excluding carboxylic acids is 1. The molecule has 0 fully saturated rings. The van der Waals surface area contributed by atoms with Gasteiger partial charge in [0.1, 0.15) is 17.3 Å². The van der Waals surface area contributed by atoms with Gasteiger partial charge in [-0.3, -0.25) is 4.79 Å². The molecule has 0 saturated heterocycles. The van der Waals surface area contributed by atoms with Crippen LogP contribution in [0.1, 0.15) is 27.6 Å². The first kappa shape index (κ1) is 14.4. The minimum Gasteiger partial charge on any atom is -0.467 e. The van der Waals surface area contributed by atoms with Gasteiger partial charge >= 0.3 is 0 Å². The predicted octanol–water partition coefficient (Wildman–Crippen LogP) is 2.78. The molecule has 0 atom stereocenters. The summed E-state index contributed by atoms with van der Waals surface area (Å²) in [6.45, 7) is 5.01. The van der Waals surface area contributed by atoms with Crippen molar-refractivity contribution in [3.63, 3.8) is 0 Å². The monoisotopic (exact) mass is 277 g/mol. The molecule has 0 aromatic carbocycles. The van der Waals surface area contributed by atoms with Crippen molar-refractivity contribution in [3.05, 3.63) is 47.3 Å². The summed E-state index contributed by atoms with van der Waals surface area (Å²) in [7, 11) is 1.61. The van der Waals surface area contributed by atoms with E-state index in [0.29, 0.717) is 31.0 Å². The van der Waals surface area contributed by atoms with Gasteiger partial charge < -0.3 is 18.5 Å². The molecule has 5 heteroatoms. The Bertz CT molecular complexity index is 556. The average molecular weight is 277 g/mol. The van der Waals surface area contributed by atoms with E-state index in [9.17, 15) is 4.79 Å². The molecule has 20 heavy (non-hydrogen) atoms. The van der Waals surface area contributed by atoms with E-state index in [1.165, 1.54) is 0 Å². The lowest BCUT2D eigenvalue weighted by Crippen LogP contribution is -2.33. The summed E-state index contributed by atoms with van der Waals surface area (Å²) in [6, 6.07) is 5.42. The van der Waals surface area contributed by atoms with Crippen molar-refractivity contribution in [1.29, 1.82) is 0 Å². The Morgan fingerprint density at radius 1 is 1.40 bits per heavy atom. The highest BCUT2D eigenvalue weighted by Gasteiger charge is 2.21. The molecular weight excluding hydrogens is 258 g/mol. The van der Waals surface area contributed by atoms with E-state index < -0.39 is 0 Å². The lowest BCUT2D eigenvalue weighted by Gasteiger charge is -2.21. The highest BCUT2D eigenvalue weighted by molar-refractivity contribution is 5.95. The molecule has 0 N–H and O–H groups in total. The third kappa shape index (κ3) is 3.30. The van der Waals surface area contributed by atoms with E-state index in [1.807, 2.05) is 19.1 Å². The number of amides is 1. The fourth-order valence-corrected chi connectivity index (χ4v) is 2.06. The number of hydrogen-bond donors (Lipinski definition) is 0. The van der Waals surface area contributed by atoms with Gasteiger partial charge in [0, 0.05) is 13.7 Å². The van der Waals surface area contributed by atoms with Gasteiger partial charge in [-0.25, -0.2) is 0 Å². The Morgan fingerprint density at radius 3 is 2.75 bits per heavy atom. The van der Waals surface area contributed by atoms with Gasteiger partial charge in [0.15, 0.2) is 0 Å². The molecule has 0 aliphatic rings. The van der Waals surface area contributed by atoms with Gasteiger partial charge in [0.2, 0.25) is 0 Å². The standard InChI is InChI=1S/C15H19NO4/c1-11-9-14(12(2)20-11)15(17)16(6-8-18-3)10-13-5-4-7-19-13/h4-5,7,9H,6,8,10H2,1-3H3. The molecule has 0 aliphatic carbocycles. The second-order valence-electron chi connectivity index (χ2n) is 4.63. The van der Waals surface area contributed by atoms with E-state index in [1.54, 1.807) is 31.3 Å². The molecule has 0 unspecified atom stereocenters. The van der Waals surface area contributed by atoms with Gasteiger partial charge in [0.05, 0.1) is 25.0 Å². The van der Waals surface area contributed by atoms with Gasteiger partial charge in [-0.1, -0.05) is 0 Å². The molecule has 0 saturated carbocycles. The lowest BCUT2D eigenvalue weighted by molar-refractivity contribution is 0.0665. The van der Waals surface area contributed by atoms with Crippen LogP contribution in [0, 0.1) is 13.8 Å². The summed E-state index contributed by atoms with van der Waals surface area (Å²) in [4.78, 5) is 14.3. The minimum atomic E-state index is -0.0761. The number of ether oxygens (including phenoxy) is 1. The number of hydrogen-bond acceptors (Lipinski definition) is 4.